The predicted octanol–water partition coefficient (Wildman–Crippen LogP) is 1.62. The molecule has 0 bridgehead atoms. The minimum absolute atomic E-state index is 0. The fraction of sp³-hybridized carbons (Fsp3) is 0.167. The third-order valence-corrected chi connectivity index (χ3v) is 1.14. The van der Waals surface area contributed by atoms with Crippen molar-refractivity contribution < 1.29 is 32.7 Å². The quantitative estimate of drug-likeness (QED) is 0.512. The van der Waals surface area contributed by atoms with Crippen LogP contribution in [0.4, 0.5) is 0 Å². The molecule has 1 nitrogen and oxygen atoms in total. The Morgan fingerprint density at radius 1 is 1.67 bits per heavy atom. The first-order valence-corrected chi connectivity index (χ1v) is 2.84. The van der Waals surface area contributed by atoms with Gasteiger partial charge in [0.25, 0.3) is 0 Å². The van der Waals surface area contributed by atoms with Gasteiger partial charge in [-0.3, -0.25) is 0 Å². The van der Waals surface area contributed by atoms with Crippen LogP contribution in [-0.2, 0) is 38.6 Å². The maximum atomic E-state index is 5.47. The molecule has 0 amide bonds. The minimum Gasteiger partial charge on any atom is -0.394 e. The molecule has 0 saturated heterocycles. The molecule has 0 spiro atoms. The average Bonchev–Trinajstić information content (AvgIpc) is 1.90. The SMILES string of the molecule is ClCc1cc[c-]nc1.[Y]. The smallest absolute Gasteiger partial charge is 0.0266 e. The van der Waals surface area contributed by atoms with E-state index < -0.39 is 0 Å². The third-order valence-electron chi connectivity index (χ3n) is 0.831. The zero-order chi connectivity index (χ0) is 5.82. The van der Waals surface area contributed by atoms with Crippen LogP contribution in [0.3, 0.4) is 0 Å². The van der Waals surface area contributed by atoms with Crippen LogP contribution in [-0.4, -0.2) is 4.98 Å². The summed E-state index contributed by atoms with van der Waals surface area (Å²) in [5.74, 6) is 0.529. The molecule has 9 heavy (non-hydrogen) atoms. The number of nitrogens with zero attached hydrogens (tertiary/aromatic N) is 1. The van der Waals surface area contributed by atoms with Gasteiger partial charge in [-0.25, -0.2) is 0 Å². The van der Waals surface area contributed by atoms with Gasteiger partial charge in [0.2, 0.25) is 0 Å². The summed E-state index contributed by atoms with van der Waals surface area (Å²) in [5, 5.41) is 0. The summed E-state index contributed by atoms with van der Waals surface area (Å²) in [6.07, 6.45) is 4.36. The van der Waals surface area contributed by atoms with Gasteiger partial charge in [-0.05, 0) is 0 Å². The van der Waals surface area contributed by atoms with Crippen LogP contribution in [0.1, 0.15) is 5.56 Å². The Balaban J connectivity index is 0.000000640. The first-order valence-electron chi connectivity index (χ1n) is 2.30. The van der Waals surface area contributed by atoms with Gasteiger partial charge in [-0.2, -0.15) is 12.1 Å². The molecular weight excluding hydrogens is 210 g/mol. The number of halogens is 1. The summed E-state index contributed by atoms with van der Waals surface area (Å²) in [5.41, 5.74) is 1.03. The van der Waals surface area contributed by atoms with Crippen LogP contribution in [0.5, 0.6) is 0 Å². The molecule has 0 N–H and O–H groups in total. The molecule has 0 saturated carbocycles. The molecule has 1 aromatic heterocycles. The Hall–Kier alpha value is 0.544. The van der Waals surface area contributed by atoms with Crippen LogP contribution in [0, 0.1) is 6.20 Å². The van der Waals surface area contributed by atoms with Crippen molar-refractivity contribution in [3.8, 4) is 0 Å². The summed E-state index contributed by atoms with van der Waals surface area (Å²) < 4.78 is 0. The van der Waals surface area contributed by atoms with E-state index >= 15 is 0 Å². The number of pyridine rings is 1. The first-order chi connectivity index (χ1) is 3.93. The molecule has 45 valence electrons. The zero-order valence-corrected chi connectivity index (χ0v) is 8.44. The number of alkyl halides is 1. The van der Waals surface area contributed by atoms with Gasteiger partial charge >= 0.3 is 0 Å². The van der Waals surface area contributed by atoms with Crippen molar-refractivity contribution in [1.29, 1.82) is 0 Å². The number of hydrogen-bond acceptors (Lipinski definition) is 1. The number of aromatic nitrogens is 1. The monoisotopic (exact) mass is 215 g/mol. The predicted molar refractivity (Wildman–Crippen MR) is 32.6 cm³/mol. The van der Waals surface area contributed by atoms with Crippen molar-refractivity contribution in [2.24, 2.45) is 0 Å². The Bertz CT molecular complexity index is 154. The van der Waals surface area contributed by atoms with E-state index in [1.807, 2.05) is 6.07 Å². The largest absolute Gasteiger partial charge is 0.394 e. The molecule has 0 aliphatic heterocycles. The van der Waals surface area contributed by atoms with Gasteiger partial charge in [0.05, 0.1) is 0 Å². The number of rotatable bonds is 1. The van der Waals surface area contributed by atoms with Crippen molar-refractivity contribution in [3.63, 3.8) is 0 Å². The number of hydrogen-bond donors (Lipinski definition) is 0. The molecule has 0 fully saturated rings. The van der Waals surface area contributed by atoms with E-state index in [0.29, 0.717) is 5.88 Å². The zero-order valence-electron chi connectivity index (χ0n) is 4.84. The van der Waals surface area contributed by atoms with E-state index in [1.165, 1.54) is 0 Å². The topological polar surface area (TPSA) is 12.9 Å². The first kappa shape index (κ1) is 9.54. The van der Waals surface area contributed by atoms with E-state index in [2.05, 4.69) is 11.2 Å². The van der Waals surface area contributed by atoms with Gasteiger partial charge < -0.3 is 4.98 Å². The van der Waals surface area contributed by atoms with E-state index in [4.69, 9.17) is 11.6 Å². The van der Waals surface area contributed by atoms with E-state index in [1.54, 1.807) is 12.3 Å². The molecule has 1 aromatic rings. The van der Waals surface area contributed by atoms with E-state index in [9.17, 15) is 0 Å². The molecular formula is C6H5ClNY-. The van der Waals surface area contributed by atoms with Crippen molar-refractivity contribution >= 4 is 11.6 Å². The maximum absolute atomic E-state index is 5.47. The maximum Gasteiger partial charge on any atom is 0.0266 e. The Morgan fingerprint density at radius 2 is 2.44 bits per heavy atom. The molecule has 0 atom stereocenters. The standard InChI is InChI=1S/C6H5ClN.Y/c7-4-6-2-1-3-8-5-6;/h1-2,5H,4H2;/q-1;. The van der Waals surface area contributed by atoms with Gasteiger partial charge in [0.15, 0.2) is 0 Å². The molecule has 0 unspecified atom stereocenters. The van der Waals surface area contributed by atoms with Crippen LogP contribution in [0.25, 0.3) is 0 Å². The normalized spacial score (nSPS) is 8.11. The fourth-order valence-corrected chi connectivity index (χ4v) is 0.588. The summed E-state index contributed by atoms with van der Waals surface area (Å²) in [4.78, 5) is 3.75. The van der Waals surface area contributed by atoms with Gasteiger partial charge in [0.1, 0.15) is 0 Å². The minimum atomic E-state index is 0. The summed E-state index contributed by atoms with van der Waals surface area (Å²) >= 11 is 5.47. The molecule has 0 aromatic carbocycles. The second-order valence-corrected chi connectivity index (χ2v) is 1.70. The van der Waals surface area contributed by atoms with E-state index in [0.717, 1.165) is 5.56 Å². The van der Waals surface area contributed by atoms with Gasteiger partial charge in [0, 0.05) is 38.6 Å². The second-order valence-electron chi connectivity index (χ2n) is 1.43. The third kappa shape index (κ3) is 3.29. The fourth-order valence-electron chi connectivity index (χ4n) is 0.430. The van der Waals surface area contributed by atoms with Crippen LogP contribution in [0.15, 0.2) is 18.3 Å². The van der Waals surface area contributed by atoms with Crippen molar-refractivity contribution in [2.45, 2.75) is 5.88 Å². The molecule has 1 rings (SSSR count). The van der Waals surface area contributed by atoms with Crippen molar-refractivity contribution in [1.82, 2.24) is 4.98 Å². The van der Waals surface area contributed by atoms with E-state index in [-0.39, 0.29) is 32.7 Å². The van der Waals surface area contributed by atoms with Crippen LogP contribution < -0.4 is 0 Å². The van der Waals surface area contributed by atoms with Gasteiger partial charge in [-0.1, -0.05) is 12.4 Å². The van der Waals surface area contributed by atoms with Crippen LogP contribution >= 0.6 is 11.6 Å². The molecule has 1 heterocycles. The second kappa shape index (κ2) is 5.34. The summed E-state index contributed by atoms with van der Waals surface area (Å²) in [6, 6.07) is 3.64. The Kier molecular flexibility index (Phi) is 5.66. The van der Waals surface area contributed by atoms with Crippen molar-refractivity contribution in [2.75, 3.05) is 0 Å². The molecule has 0 aliphatic rings. The molecule has 3 heteroatoms. The Labute approximate surface area is 84.7 Å². The molecule has 1 radical (unpaired) electrons. The average molecular weight is 215 g/mol. The molecule has 0 aliphatic carbocycles. The van der Waals surface area contributed by atoms with Crippen molar-refractivity contribution in [3.05, 3.63) is 30.1 Å². The summed E-state index contributed by atoms with van der Waals surface area (Å²) in [6.45, 7) is 0. The van der Waals surface area contributed by atoms with Crippen LogP contribution in [0.2, 0.25) is 0 Å². The van der Waals surface area contributed by atoms with Gasteiger partial charge in [-0.15, -0.1) is 17.2 Å². The summed E-state index contributed by atoms with van der Waals surface area (Å²) in [7, 11) is 0. The Morgan fingerprint density at radius 3 is 2.78 bits per heavy atom.